The van der Waals surface area contributed by atoms with Gasteiger partial charge in [0.15, 0.2) is 0 Å². The third-order valence-corrected chi connectivity index (χ3v) is 3.03. The lowest BCUT2D eigenvalue weighted by molar-refractivity contribution is 0.197. The van der Waals surface area contributed by atoms with Crippen LogP contribution in [0.5, 0.6) is 0 Å². The summed E-state index contributed by atoms with van der Waals surface area (Å²) < 4.78 is 7.00. The highest BCUT2D eigenvalue weighted by Crippen LogP contribution is 2.10. The molecule has 0 aliphatic carbocycles. The molecule has 1 atom stereocenters. The van der Waals surface area contributed by atoms with Crippen LogP contribution in [0, 0.1) is 5.92 Å². The molecule has 0 spiro atoms. The van der Waals surface area contributed by atoms with Gasteiger partial charge in [0.1, 0.15) is 0 Å². The average molecular weight is 239 g/mol. The molecular formula is C13H25N3O. The summed E-state index contributed by atoms with van der Waals surface area (Å²) in [6.45, 7) is 8.07. The molecular weight excluding hydrogens is 214 g/mol. The molecule has 0 amide bonds. The average Bonchev–Trinajstić information content (AvgIpc) is 2.80. The molecule has 0 radical (unpaired) electrons. The van der Waals surface area contributed by atoms with Crippen molar-refractivity contribution in [2.75, 3.05) is 26.8 Å². The van der Waals surface area contributed by atoms with Crippen molar-refractivity contribution in [3.05, 3.63) is 18.0 Å². The number of hydrogen-bond acceptors (Lipinski definition) is 3. The molecule has 1 aromatic heterocycles. The highest BCUT2D eigenvalue weighted by Gasteiger charge is 2.08. The van der Waals surface area contributed by atoms with Gasteiger partial charge in [0.05, 0.1) is 12.8 Å². The standard InChI is InChI=1S/C13H25N3O/c1-4-12(9-14-6-7-17-3)8-13-10-15-16(5-2)11-13/h10-12,14H,4-9H2,1-3H3. The van der Waals surface area contributed by atoms with E-state index in [1.165, 1.54) is 12.0 Å². The van der Waals surface area contributed by atoms with E-state index >= 15 is 0 Å². The maximum Gasteiger partial charge on any atom is 0.0587 e. The SMILES string of the molecule is CCC(CNCCOC)Cc1cnn(CC)c1. The molecule has 0 saturated carbocycles. The molecule has 1 unspecified atom stereocenters. The molecule has 98 valence electrons. The van der Waals surface area contributed by atoms with Crippen molar-refractivity contribution in [3.63, 3.8) is 0 Å². The first-order valence-corrected chi connectivity index (χ1v) is 6.51. The molecule has 0 aliphatic heterocycles. The first-order valence-electron chi connectivity index (χ1n) is 6.51. The molecule has 1 aromatic rings. The molecule has 0 bridgehead atoms. The van der Waals surface area contributed by atoms with Gasteiger partial charge in [-0.05, 0) is 31.4 Å². The first-order chi connectivity index (χ1) is 8.30. The number of aromatic nitrogens is 2. The van der Waals surface area contributed by atoms with E-state index in [4.69, 9.17) is 4.74 Å². The zero-order valence-corrected chi connectivity index (χ0v) is 11.3. The van der Waals surface area contributed by atoms with Gasteiger partial charge >= 0.3 is 0 Å². The smallest absolute Gasteiger partial charge is 0.0587 e. The summed E-state index contributed by atoms with van der Waals surface area (Å²) >= 11 is 0. The third-order valence-electron chi connectivity index (χ3n) is 3.03. The van der Waals surface area contributed by atoms with E-state index in [2.05, 4.69) is 30.5 Å². The molecule has 0 saturated heterocycles. The molecule has 0 fully saturated rings. The van der Waals surface area contributed by atoms with Crippen LogP contribution in [0.4, 0.5) is 0 Å². The lowest BCUT2D eigenvalue weighted by atomic mass is 9.99. The lowest BCUT2D eigenvalue weighted by Crippen LogP contribution is -2.26. The minimum atomic E-state index is 0.682. The third kappa shape index (κ3) is 5.33. The fourth-order valence-corrected chi connectivity index (χ4v) is 1.86. The Morgan fingerprint density at radius 2 is 2.29 bits per heavy atom. The summed E-state index contributed by atoms with van der Waals surface area (Å²) in [6, 6.07) is 0. The van der Waals surface area contributed by atoms with E-state index in [0.29, 0.717) is 5.92 Å². The minimum Gasteiger partial charge on any atom is -0.383 e. The zero-order valence-electron chi connectivity index (χ0n) is 11.3. The van der Waals surface area contributed by atoms with Crippen LogP contribution in [-0.4, -0.2) is 36.6 Å². The Labute approximate surface area is 104 Å². The fraction of sp³-hybridized carbons (Fsp3) is 0.769. The second-order valence-electron chi connectivity index (χ2n) is 4.38. The monoisotopic (exact) mass is 239 g/mol. The number of ether oxygens (including phenoxy) is 1. The van der Waals surface area contributed by atoms with Crippen LogP contribution < -0.4 is 5.32 Å². The summed E-state index contributed by atoms with van der Waals surface area (Å²) in [5.41, 5.74) is 1.34. The Hall–Kier alpha value is -0.870. The van der Waals surface area contributed by atoms with Gasteiger partial charge in [0.2, 0.25) is 0 Å². The largest absolute Gasteiger partial charge is 0.383 e. The number of nitrogens with zero attached hydrogens (tertiary/aromatic N) is 2. The van der Waals surface area contributed by atoms with Crippen LogP contribution in [0.25, 0.3) is 0 Å². The normalized spacial score (nSPS) is 12.9. The summed E-state index contributed by atoms with van der Waals surface area (Å²) in [7, 11) is 1.73. The number of hydrogen-bond donors (Lipinski definition) is 1. The van der Waals surface area contributed by atoms with E-state index < -0.39 is 0 Å². The molecule has 0 aromatic carbocycles. The van der Waals surface area contributed by atoms with Crippen molar-refractivity contribution in [2.24, 2.45) is 5.92 Å². The van der Waals surface area contributed by atoms with Crippen molar-refractivity contribution < 1.29 is 4.74 Å². The predicted molar refractivity (Wildman–Crippen MR) is 70.1 cm³/mol. The first kappa shape index (κ1) is 14.2. The summed E-state index contributed by atoms with van der Waals surface area (Å²) in [5.74, 6) is 0.682. The highest BCUT2D eigenvalue weighted by molar-refractivity contribution is 5.05. The summed E-state index contributed by atoms with van der Waals surface area (Å²) in [6.07, 6.45) is 6.44. The van der Waals surface area contributed by atoms with Gasteiger partial charge in [-0.15, -0.1) is 0 Å². The zero-order chi connectivity index (χ0) is 12.5. The second kappa shape index (κ2) is 8.25. The van der Waals surface area contributed by atoms with Crippen LogP contribution in [0.3, 0.4) is 0 Å². The molecule has 0 aliphatic rings. The van der Waals surface area contributed by atoms with Gasteiger partial charge in [-0.3, -0.25) is 4.68 Å². The van der Waals surface area contributed by atoms with Gasteiger partial charge < -0.3 is 10.1 Å². The topological polar surface area (TPSA) is 39.1 Å². The van der Waals surface area contributed by atoms with E-state index in [1.54, 1.807) is 7.11 Å². The molecule has 1 heterocycles. The molecule has 4 heteroatoms. The maximum atomic E-state index is 5.02. The molecule has 17 heavy (non-hydrogen) atoms. The van der Waals surface area contributed by atoms with Crippen LogP contribution in [-0.2, 0) is 17.7 Å². The Bertz CT molecular complexity index is 299. The van der Waals surface area contributed by atoms with E-state index in [9.17, 15) is 0 Å². The van der Waals surface area contributed by atoms with E-state index in [0.717, 1.165) is 32.7 Å². The van der Waals surface area contributed by atoms with Crippen molar-refractivity contribution in [2.45, 2.75) is 33.2 Å². The Morgan fingerprint density at radius 1 is 1.47 bits per heavy atom. The number of nitrogens with one attached hydrogen (secondary N) is 1. The number of aryl methyl sites for hydroxylation is 1. The summed E-state index contributed by atoms with van der Waals surface area (Å²) in [4.78, 5) is 0. The van der Waals surface area contributed by atoms with E-state index in [-0.39, 0.29) is 0 Å². The Balaban J connectivity index is 2.30. The van der Waals surface area contributed by atoms with Crippen molar-refractivity contribution in [1.82, 2.24) is 15.1 Å². The maximum absolute atomic E-state index is 5.02. The quantitative estimate of drug-likeness (QED) is 0.667. The minimum absolute atomic E-state index is 0.682. The van der Waals surface area contributed by atoms with Crippen LogP contribution in [0.1, 0.15) is 25.8 Å². The fourth-order valence-electron chi connectivity index (χ4n) is 1.86. The number of rotatable bonds is 9. The second-order valence-corrected chi connectivity index (χ2v) is 4.38. The van der Waals surface area contributed by atoms with Crippen molar-refractivity contribution >= 4 is 0 Å². The predicted octanol–water partition coefficient (Wildman–Crippen LogP) is 1.71. The molecule has 4 nitrogen and oxygen atoms in total. The Morgan fingerprint density at radius 3 is 2.88 bits per heavy atom. The number of methoxy groups -OCH3 is 1. The summed E-state index contributed by atoms with van der Waals surface area (Å²) in [5, 5.41) is 7.73. The van der Waals surface area contributed by atoms with Crippen molar-refractivity contribution in [1.29, 1.82) is 0 Å². The lowest BCUT2D eigenvalue weighted by Gasteiger charge is -2.14. The van der Waals surface area contributed by atoms with Crippen LogP contribution >= 0.6 is 0 Å². The van der Waals surface area contributed by atoms with Crippen LogP contribution in [0.15, 0.2) is 12.4 Å². The van der Waals surface area contributed by atoms with Crippen LogP contribution in [0.2, 0.25) is 0 Å². The van der Waals surface area contributed by atoms with Gasteiger partial charge in [-0.25, -0.2) is 0 Å². The van der Waals surface area contributed by atoms with Gasteiger partial charge in [0, 0.05) is 26.4 Å². The van der Waals surface area contributed by atoms with Gasteiger partial charge in [-0.2, -0.15) is 5.10 Å². The molecule has 1 rings (SSSR count). The van der Waals surface area contributed by atoms with Gasteiger partial charge in [0.25, 0.3) is 0 Å². The van der Waals surface area contributed by atoms with E-state index in [1.807, 2.05) is 10.9 Å². The molecule has 1 N–H and O–H groups in total. The van der Waals surface area contributed by atoms with Crippen molar-refractivity contribution in [3.8, 4) is 0 Å². The highest BCUT2D eigenvalue weighted by atomic mass is 16.5. The van der Waals surface area contributed by atoms with Gasteiger partial charge in [-0.1, -0.05) is 13.3 Å². The Kier molecular flexibility index (Phi) is 6.89.